The summed E-state index contributed by atoms with van der Waals surface area (Å²) in [6, 6.07) is 0. The maximum Gasteiger partial charge on any atom is 0.347 e. The highest BCUT2D eigenvalue weighted by molar-refractivity contribution is 5.93. The molecule has 0 amide bonds. The molecular formula is C24H36O10. The number of hydrogen-bond donors (Lipinski definition) is 0. The van der Waals surface area contributed by atoms with Crippen LogP contribution >= 0.6 is 0 Å². The van der Waals surface area contributed by atoms with Gasteiger partial charge in [0, 0.05) is 39.2 Å². The molecule has 10 nitrogen and oxygen atoms in total. The molecule has 0 saturated heterocycles. The first-order valence-corrected chi connectivity index (χ1v) is 11.9. The Labute approximate surface area is 200 Å². The number of hydrogen-bond acceptors (Lipinski definition) is 10. The molecule has 0 radical (unpaired) electrons. The van der Waals surface area contributed by atoms with E-state index >= 15 is 0 Å². The number of methoxy groups -OCH3 is 2. The van der Waals surface area contributed by atoms with E-state index in [1.54, 1.807) is 0 Å². The molecule has 10 heteroatoms. The summed E-state index contributed by atoms with van der Waals surface area (Å²) in [4.78, 5) is 49.2. The van der Waals surface area contributed by atoms with Crippen LogP contribution in [0.4, 0.5) is 0 Å². The van der Waals surface area contributed by atoms with E-state index in [1.807, 2.05) is 0 Å². The second-order valence-corrected chi connectivity index (χ2v) is 8.43. The van der Waals surface area contributed by atoms with Crippen LogP contribution in [0.25, 0.3) is 0 Å². The van der Waals surface area contributed by atoms with Gasteiger partial charge in [0.1, 0.15) is 12.2 Å². The van der Waals surface area contributed by atoms with Gasteiger partial charge in [-0.15, -0.1) is 0 Å². The lowest BCUT2D eigenvalue weighted by Crippen LogP contribution is -2.33. The van der Waals surface area contributed by atoms with E-state index in [-0.39, 0.29) is 38.3 Å². The molecule has 0 aromatic rings. The minimum Gasteiger partial charge on any atom is -0.460 e. The van der Waals surface area contributed by atoms with Gasteiger partial charge in [-0.3, -0.25) is 0 Å². The van der Waals surface area contributed by atoms with Gasteiger partial charge in [-0.2, -0.15) is 0 Å². The van der Waals surface area contributed by atoms with Crippen LogP contribution in [-0.2, 0) is 47.6 Å². The molecule has 0 N–H and O–H groups in total. The van der Waals surface area contributed by atoms with Crippen molar-refractivity contribution in [1.82, 2.24) is 0 Å². The molecule has 0 heterocycles. The van der Waals surface area contributed by atoms with Crippen LogP contribution in [0.15, 0.2) is 12.2 Å². The highest BCUT2D eigenvalue weighted by Gasteiger charge is 2.29. The van der Waals surface area contributed by atoms with E-state index in [1.165, 1.54) is 14.2 Å². The molecule has 2 saturated carbocycles. The standard InChI is InChI=1S/C24H36O10/c1-29-15-13-19(23(27)31-17-7-3-4-8-17)33-21(25)11-12-22(26)34-20(14-16-30-2)24(28)32-18-9-5-6-10-18/h11-12,17-20H,3-10,13-16H2,1-2H3/b12-11+. The number of esters is 4. The molecule has 2 rings (SSSR count). The molecule has 2 aliphatic rings. The number of carbonyl (C=O) groups excluding carboxylic acids is 4. The molecule has 0 aromatic heterocycles. The third kappa shape index (κ3) is 10.2. The van der Waals surface area contributed by atoms with E-state index in [4.69, 9.17) is 28.4 Å². The first-order valence-electron chi connectivity index (χ1n) is 11.9. The van der Waals surface area contributed by atoms with Crippen molar-refractivity contribution in [3.8, 4) is 0 Å². The van der Waals surface area contributed by atoms with Crippen LogP contribution in [0.1, 0.15) is 64.2 Å². The van der Waals surface area contributed by atoms with Gasteiger partial charge in [0.2, 0.25) is 12.2 Å². The van der Waals surface area contributed by atoms with Crippen molar-refractivity contribution in [2.24, 2.45) is 0 Å². The zero-order valence-electron chi connectivity index (χ0n) is 20.0. The van der Waals surface area contributed by atoms with Gasteiger partial charge in [-0.25, -0.2) is 19.2 Å². The van der Waals surface area contributed by atoms with E-state index in [0.29, 0.717) is 0 Å². The highest BCUT2D eigenvalue weighted by Crippen LogP contribution is 2.23. The fourth-order valence-electron chi connectivity index (χ4n) is 3.89. The molecule has 2 atom stereocenters. The number of ether oxygens (including phenoxy) is 6. The zero-order valence-corrected chi connectivity index (χ0v) is 20.0. The Morgan fingerprint density at radius 1 is 0.676 bits per heavy atom. The largest absolute Gasteiger partial charge is 0.460 e. The van der Waals surface area contributed by atoms with Crippen LogP contribution < -0.4 is 0 Å². The summed E-state index contributed by atoms with van der Waals surface area (Å²) in [5, 5.41) is 0. The summed E-state index contributed by atoms with van der Waals surface area (Å²) in [6.07, 6.45) is 6.42. The van der Waals surface area contributed by atoms with Crippen molar-refractivity contribution >= 4 is 23.9 Å². The lowest BCUT2D eigenvalue weighted by molar-refractivity contribution is -0.170. The Kier molecular flexibility index (Phi) is 12.6. The predicted octanol–water partition coefficient (Wildman–Crippen LogP) is 2.41. The van der Waals surface area contributed by atoms with Crippen molar-refractivity contribution in [3.05, 3.63) is 12.2 Å². The smallest absolute Gasteiger partial charge is 0.347 e. The predicted molar refractivity (Wildman–Crippen MR) is 119 cm³/mol. The molecule has 34 heavy (non-hydrogen) atoms. The van der Waals surface area contributed by atoms with Crippen LogP contribution in [0.2, 0.25) is 0 Å². The second-order valence-electron chi connectivity index (χ2n) is 8.43. The molecule has 2 aliphatic carbocycles. The van der Waals surface area contributed by atoms with Crippen molar-refractivity contribution in [1.29, 1.82) is 0 Å². The zero-order chi connectivity index (χ0) is 24.8. The Morgan fingerprint density at radius 2 is 1.03 bits per heavy atom. The molecule has 0 aliphatic heterocycles. The third-order valence-corrected chi connectivity index (χ3v) is 5.74. The molecule has 0 bridgehead atoms. The average molecular weight is 485 g/mol. The van der Waals surface area contributed by atoms with E-state index < -0.39 is 36.1 Å². The summed E-state index contributed by atoms with van der Waals surface area (Å²) in [6.45, 7) is 0.376. The summed E-state index contributed by atoms with van der Waals surface area (Å²) < 4.78 is 31.1. The second kappa shape index (κ2) is 15.4. The first-order chi connectivity index (χ1) is 16.4. The first kappa shape index (κ1) is 27.8. The van der Waals surface area contributed by atoms with Crippen LogP contribution in [-0.4, -0.2) is 75.7 Å². The van der Waals surface area contributed by atoms with Crippen molar-refractivity contribution in [2.45, 2.75) is 88.6 Å². The van der Waals surface area contributed by atoms with Crippen LogP contribution in [0.5, 0.6) is 0 Å². The van der Waals surface area contributed by atoms with Crippen molar-refractivity contribution < 1.29 is 47.6 Å². The van der Waals surface area contributed by atoms with Gasteiger partial charge >= 0.3 is 23.9 Å². The fourth-order valence-corrected chi connectivity index (χ4v) is 3.89. The monoisotopic (exact) mass is 484 g/mol. The lowest BCUT2D eigenvalue weighted by atomic mass is 10.2. The van der Waals surface area contributed by atoms with Gasteiger partial charge in [0.25, 0.3) is 0 Å². The topological polar surface area (TPSA) is 124 Å². The molecular weight excluding hydrogens is 448 g/mol. The quantitative estimate of drug-likeness (QED) is 0.206. The fraction of sp³-hybridized carbons (Fsp3) is 0.750. The molecule has 2 unspecified atom stereocenters. The SMILES string of the molecule is COCCC(OC(=O)/C=C/C(=O)OC(CCOC)C(=O)OC1CCCC1)C(=O)OC1CCCC1. The minimum absolute atomic E-state index is 0.123. The minimum atomic E-state index is -1.15. The maximum atomic E-state index is 12.4. The lowest BCUT2D eigenvalue weighted by Gasteiger charge is -2.19. The molecule has 0 aromatic carbocycles. The number of rotatable bonds is 14. The summed E-state index contributed by atoms with van der Waals surface area (Å²) in [5.74, 6) is -3.10. The Balaban J connectivity index is 1.87. The van der Waals surface area contributed by atoms with E-state index in [9.17, 15) is 19.2 Å². The van der Waals surface area contributed by atoms with E-state index in [2.05, 4.69) is 0 Å². The molecule has 0 spiro atoms. The van der Waals surface area contributed by atoms with E-state index in [0.717, 1.165) is 63.5 Å². The Bertz CT molecular complexity index is 634. The Hall–Kier alpha value is -2.46. The molecule has 2 fully saturated rings. The molecule has 192 valence electrons. The summed E-state index contributed by atoms with van der Waals surface area (Å²) in [7, 11) is 2.93. The normalized spacial score (nSPS) is 18.5. The number of carbonyl (C=O) groups is 4. The Morgan fingerprint density at radius 3 is 1.35 bits per heavy atom. The van der Waals surface area contributed by atoms with Crippen molar-refractivity contribution in [2.75, 3.05) is 27.4 Å². The third-order valence-electron chi connectivity index (χ3n) is 5.74. The van der Waals surface area contributed by atoms with Gasteiger partial charge in [0.15, 0.2) is 0 Å². The summed E-state index contributed by atoms with van der Waals surface area (Å²) >= 11 is 0. The van der Waals surface area contributed by atoms with Gasteiger partial charge in [-0.1, -0.05) is 0 Å². The maximum absolute atomic E-state index is 12.4. The van der Waals surface area contributed by atoms with Crippen LogP contribution in [0, 0.1) is 0 Å². The highest BCUT2D eigenvalue weighted by atomic mass is 16.6. The van der Waals surface area contributed by atoms with Crippen LogP contribution in [0.3, 0.4) is 0 Å². The van der Waals surface area contributed by atoms with Gasteiger partial charge in [0.05, 0.1) is 13.2 Å². The summed E-state index contributed by atoms with van der Waals surface area (Å²) in [5.41, 5.74) is 0. The van der Waals surface area contributed by atoms with Gasteiger partial charge < -0.3 is 28.4 Å². The van der Waals surface area contributed by atoms with Gasteiger partial charge in [-0.05, 0) is 51.4 Å². The van der Waals surface area contributed by atoms with Crippen molar-refractivity contribution in [3.63, 3.8) is 0 Å². The average Bonchev–Trinajstić information content (AvgIpc) is 3.52.